The zero-order valence-corrected chi connectivity index (χ0v) is 18.1. The van der Waals surface area contributed by atoms with E-state index in [-0.39, 0.29) is 11.8 Å². The highest BCUT2D eigenvalue weighted by atomic mass is 16.5. The van der Waals surface area contributed by atoms with Crippen molar-refractivity contribution in [1.29, 1.82) is 0 Å². The first-order valence-electron chi connectivity index (χ1n) is 11.1. The fourth-order valence-electron chi connectivity index (χ4n) is 4.31. The van der Waals surface area contributed by atoms with Gasteiger partial charge in [-0.3, -0.25) is 9.59 Å². The number of piperidine rings is 1. The predicted molar refractivity (Wildman–Crippen MR) is 119 cm³/mol. The molecular formula is C25H30N2O4. The van der Waals surface area contributed by atoms with Gasteiger partial charge in [-0.25, -0.2) is 0 Å². The zero-order valence-electron chi connectivity index (χ0n) is 18.1. The lowest BCUT2D eigenvalue weighted by Gasteiger charge is -2.32. The molecule has 6 nitrogen and oxygen atoms in total. The van der Waals surface area contributed by atoms with Crippen molar-refractivity contribution in [2.45, 2.75) is 25.7 Å². The highest BCUT2D eigenvalue weighted by Gasteiger charge is 2.25. The summed E-state index contributed by atoms with van der Waals surface area (Å²) in [5, 5.41) is 0. The van der Waals surface area contributed by atoms with E-state index in [1.54, 1.807) is 7.11 Å². The van der Waals surface area contributed by atoms with Gasteiger partial charge in [0.2, 0.25) is 0 Å². The number of nitrogens with zero attached hydrogens (tertiary/aromatic N) is 2. The molecule has 164 valence electrons. The number of methoxy groups -OCH3 is 1. The van der Waals surface area contributed by atoms with Gasteiger partial charge in [0.25, 0.3) is 11.8 Å². The second-order valence-electron chi connectivity index (χ2n) is 8.32. The molecule has 2 aliphatic heterocycles. The molecule has 0 aromatic heterocycles. The van der Waals surface area contributed by atoms with Crippen molar-refractivity contribution >= 4 is 11.8 Å². The van der Waals surface area contributed by atoms with Crippen molar-refractivity contribution in [3.63, 3.8) is 0 Å². The molecule has 4 rings (SSSR count). The van der Waals surface area contributed by atoms with Crippen LogP contribution in [0.4, 0.5) is 0 Å². The third-order valence-electron chi connectivity index (χ3n) is 6.12. The van der Waals surface area contributed by atoms with Gasteiger partial charge in [-0.2, -0.15) is 0 Å². The number of amides is 2. The van der Waals surface area contributed by atoms with Crippen LogP contribution in [0.2, 0.25) is 0 Å². The van der Waals surface area contributed by atoms with E-state index in [1.165, 1.54) is 0 Å². The number of hydrogen-bond donors (Lipinski definition) is 0. The molecule has 2 aromatic carbocycles. The van der Waals surface area contributed by atoms with E-state index >= 15 is 0 Å². The number of ether oxygens (including phenoxy) is 2. The normalized spacial score (nSPS) is 18.7. The maximum absolute atomic E-state index is 12.8. The van der Waals surface area contributed by atoms with E-state index in [2.05, 4.69) is 0 Å². The molecule has 0 saturated carbocycles. The molecule has 2 amide bonds. The van der Waals surface area contributed by atoms with Crippen molar-refractivity contribution in [2.75, 3.05) is 39.9 Å². The summed E-state index contributed by atoms with van der Waals surface area (Å²) in [7, 11) is 1.62. The van der Waals surface area contributed by atoms with Crippen LogP contribution in [-0.4, -0.2) is 61.5 Å². The Hall–Kier alpha value is -3.02. The van der Waals surface area contributed by atoms with Crippen LogP contribution in [0.1, 0.15) is 46.4 Å². The Kier molecular flexibility index (Phi) is 6.75. The minimum atomic E-state index is 0.0529. The smallest absolute Gasteiger partial charge is 0.253 e. The van der Waals surface area contributed by atoms with Gasteiger partial charge in [0.1, 0.15) is 11.5 Å². The molecule has 2 aromatic rings. The second-order valence-corrected chi connectivity index (χ2v) is 8.32. The van der Waals surface area contributed by atoms with Crippen LogP contribution in [-0.2, 0) is 0 Å². The van der Waals surface area contributed by atoms with Crippen LogP contribution >= 0.6 is 0 Å². The average molecular weight is 423 g/mol. The Bertz CT molecular complexity index is 889. The summed E-state index contributed by atoms with van der Waals surface area (Å²) in [6, 6.07) is 14.7. The average Bonchev–Trinajstić information content (AvgIpc) is 3.37. The number of likely N-dealkylation sites (tertiary alicyclic amines) is 2. The summed E-state index contributed by atoms with van der Waals surface area (Å²) in [6.45, 7) is 3.73. The Morgan fingerprint density at radius 1 is 0.806 bits per heavy atom. The van der Waals surface area contributed by atoms with E-state index < -0.39 is 0 Å². The molecule has 0 aliphatic carbocycles. The highest BCUT2D eigenvalue weighted by Crippen LogP contribution is 2.22. The minimum absolute atomic E-state index is 0.0529. The lowest BCUT2D eigenvalue weighted by molar-refractivity contribution is 0.0633. The van der Waals surface area contributed by atoms with E-state index in [0.29, 0.717) is 30.2 Å². The first-order valence-corrected chi connectivity index (χ1v) is 11.1. The van der Waals surface area contributed by atoms with Crippen LogP contribution < -0.4 is 9.47 Å². The minimum Gasteiger partial charge on any atom is -0.497 e. The van der Waals surface area contributed by atoms with Crippen molar-refractivity contribution < 1.29 is 19.1 Å². The largest absolute Gasteiger partial charge is 0.497 e. The van der Waals surface area contributed by atoms with Gasteiger partial charge < -0.3 is 19.3 Å². The van der Waals surface area contributed by atoms with Crippen LogP contribution in [0.5, 0.6) is 11.5 Å². The highest BCUT2D eigenvalue weighted by molar-refractivity contribution is 5.95. The zero-order chi connectivity index (χ0) is 21.6. The lowest BCUT2D eigenvalue weighted by Crippen LogP contribution is -2.41. The van der Waals surface area contributed by atoms with E-state index in [0.717, 1.165) is 56.8 Å². The summed E-state index contributed by atoms with van der Waals surface area (Å²) in [5.74, 6) is 1.95. The van der Waals surface area contributed by atoms with Crippen LogP contribution in [0, 0.1) is 5.92 Å². The Morgan fingerprint density at radius 2 is 1.35 bits per heavy atom. The van der Waals surface area contributed by atoms with E-state index in [1.807, 2.05) is 58.3 Å². The first kappa shape index (κ1) is 21.2. The van der Waals surface area contributed by atoms with Crippen molar-refractivity contribution in [3.05, 3.63) is 59.7 Å². The van der Waals surface area contributed by atoms with Crippen LogP contribution in [0.25, 0.3) is 0 Å². The van der Waals surface area contributed by atoms with Gasteiger partial charge in [-0.05, 0) is 74.2 Å². The summed E-state index contributed by atoms with van der Waals surface area (Å²) >= 11 is 0. The molecule has 0 radical (unpaired) electrons. The van der Waals surface area contributed by atoms with Gasteiger partial charge in [-0.1, -0.05) is 0 Å². The molecular weight excluding hydrogens is 392 g/mol. The predicted octanol–water partition coefficient (Wildman–Crippen LogP) is 3.86. The van der Waals surface area contributed by atoms with Gasteiger partial charge in [0, 0.05) is 43.2 Å². The molecule has 2 aliphatic rings. The third-order valence-corrected chi connectivity index (χ3v) is 6.12. The molecule has 1 atom stereocenters. The standard InChI is InChI=1S/C25H30N2O4/c1-30-22-10-6-21(7-11-22)25(29)27-16-4-5-19(17-27)18-31-23-12-8-20(9-13-23)24(28)26-14-2-3-15-26/h6-13,19H,2-5,14-18H2,1H3. The maximum atomic E-state index is 12.8. The Labute approximate surface area is 183 Å². The maximum Gasteiger partial charge on any atom is 0.253 e. The van der Waals surface area contributed by atoms with Gasteiger partial charge >= 0.3 is 0 Å². The molecule has 31 heavy (non-hydrogen) atoms. The molecule has 1 unspecified atom stereocenters. The molecule has 2 saturated heterocycles. The third kappa shape index (κ3) is 5.19. The molecule has 2 heterocycles. The molecule has 0 bridgehead atoms. The van der Waals surface area contributed by atoms with Crippen LogP contribution in [0.3, 0.4) is 0 Å². The quantitative estimate of drug-likeness (QED) is 0.709. The number of benzene rings is 2. The molecule has 6 heteroatoms. The van der Waals surface area contributed by atoms with E-state index in [4.69, 9.17) is 9.47 Å². The fraction of sp³-hybridized carbons (Fsp3) is 0.440. The van der Waals surface area contributed by atoms with Gasteiger partial charge in [-0.15, -0.1) is 0 Å². The van der Waals surface area contributed by atoms with Crippen molar-refractivity contribution in [3.8, 4) is 11.5 Å². The second kappa shape index (κ2) is 9.86. The Balaban J connectivity index is 1.29. The topological polar surface area (TPSA) is 59.1 Å². The van der Waals surface area contributed by atoms with E-state index in [9.17, 15) is 9.59 Å². The van der Waals surface area contributed by atoms with Crippen LogP contribution in [0.15, 0.2) is 48.5 Å². The monoisotopic (exact) mass is 422 g/mol. The summed E-state index contributed by atoms with van der Waals surface area (Å²) < 4.78 is 11.2. The van der Waals surface area contributed by atoms with Gasteiger partial charge in [0.15, 0.2) is 0 Å². The number of hydrogen-bond acceptors (Lipinski definition) is 4. The summed E-state index contributed by atoms with van der Waals surface area (Å²) in [4.78, 5) is 29.1. The summed E-state index contributed by atoms with van der Waals surface area (Å²) in [6.07, 6.45) is 4.19. The lowest BCUT2D eigenvalue weighted by atomic mass is 9.98. The molecule has 0 N–H and O–H groups in total. The number of carbonyl (C=O) groups excluding carboxylic acids is 2. The Morgan fingerprint density at radius 3 is 1.97 bits per heavy atom. The van der Waals surface area contributed by atoms with Gasteiger partial charge in [0.05, 0.1) is 13.7 Å². The first-order chi connectivity index (χ1) is 15.1. The summed E-state index contributed by atoms with van der Waals surface area (Å²) in [5.41, 5.74) is 1.39. The SMILES string of the molecule is COc1ccc(C(=O)N2CCCC(COc3ccc(C(=O)N4CCCC4)cc3)C2)cc1. The van der Waals surface area contributed by atoms with Crippen molar-refractivity contribution in [2.24, 2.45) is 5.92 Å². The van der Waals surface area contributed by atoms with Crippen molar-refractivity contribution in [1.82, 2.24) is 9.80 Å². The number of rotatable bonds is 6. The number of carbonyl (C=O) groups is 2. The molecule has 0 spiro atoms. The fourth-order valence-corrected chi connectivity index (χ4v) is 4.31. The molecule has 2 fully saturated rings.